The Balaban J connectivity index is 1.01. The van der Waals surface area contributed by atoms with Crippen LogP contribution >= 0.6 is 12.0 Å². The van der Waals surface area contributed by atoms with Crippen molar-refractivity contribution < 1.29 is 46.6 Å². The molecule has 1 aliphatic rings. The summed E-state index contributed by atoms with van der Waals surface area (Å²) in [5.41, 5.74) is 9.14. The van der Waals surface area contributed by atoms with E-state index in [1.165, 1.54) is 12.1 Å². The minimum absolute atomic E-state index is 0.0517. The van der Waals surface area contributed by atoms with Crippen molar-refractivity contribution in [3.63, 3.8) is 0 Å². The molecule has 0 saturated carbocycles. The topological polar surface area (TPSA) is 138 Å². The molecule has 0 aliphatic heterocycles. The molecule has 0 fully saturated rings. The monoisotopic (exact) mass is 898 g/mol. The number of aryl methyl sites for hydroxylation is 2. The molecule has 10 nitrogen and oxygen atoms in total. The number of benzene rings is 8. The summed E-state index contributed by atoms with van der Waals surface area (Å²) in [6.07, 6.45) is 0. The molecule has 0 amide bonds. The first-order valence-electron chi connectivity index (χ1n) is 20.3. The highest BCUT2D eigenvalue weighted by atomic mass is 32.2. The van der Waals surface area contributed by atoms with Crippen molar-refractivity contribution >= 4 is 35.0 Å². The van der Waals surface area contributed by atoms with E-state index < -0.39 is 22.6 Å². The second kappa shape index (κ2) is 18.5. The van der Waals surface area contributed by atoms with Crippen LogP contribution in [0.4, 0.5) is 0 Å². The highest BCUT2D eigenvalue weighted by molar-refractivity contribution is 7.94. The number of hydrogen-bond acceptors (Lipinski definition) is 10. The van der Waals surface area contributed by atoms with Crippen molar-refractivity contribution in [2.24, 2.45) is 0 Å². The van der Waals surface area contributed by atoms with Crippen LogP contribution in [0.2, 0.25) is 0 Å². The predicted octanol–water partition coefficient (Wildman–Crippen LogP) is 12.7. The second-order valence-electron chi connectivity index (χ2n) is 15.3. The van der Waals surface area contributed by atoms with E-state index in [1.807, 2.05) is 79.7 Å². The van der Waals surface area contributed by atoms with Gasteiger partial charge in [-0.3, -0.25) is 14.1 Å². The molecule has 0 radical (unpaired) electrons. The van der Waals surface area contributed by atoms with Crippen LogP contribution in [0.3, 0.4) is 0 Å². The lowest BCUT2D eigenvalue weighted by Crippen LogP contribution is -2.28. The van der Waals surface area contributed by atoms with Gasteiger partial charge in [0.2, 0.25) is 0 Å². The van der Waals surface area contributed by atoms with Crippen molar-refractivity contribution in [3.05, 3.63) is 238 Å². The Labute approximate surface area is 381 Å². The molecule has 1 aliphatic carbocycles. The lowest BCUT2D eigenvalue weighted by Gasteiger charge is -2.34. The highest BCUT2D eigenvalue weighted by Gasteiger charge is 2.46. The quantitative estimate of drug-likeness (QED) is 0.0334. The molecule has 1 atom stereocenters. The fourth-order valence-corrected chi connectivity index (χ4v) is 9.11. The van der Waals surface area contributed by atoms with Gasteiger partial charge in [0.05, 0.1) is 22.4 Å². The van der Waals surface area contributed by atoms with Gasteiger partial charge in [-0.05, 0) is 126 Å². The van der Waals surface area contributed by atoms with E-state index in [9.17, 15) is 18.4 Å². The van der Waals surface area contributed by atoms with Gasteiger partial charge in [0, 0.05) is 22.3 Å². The third kappa shape index (κ3) is 8.62. The summed E-state index contributed by atoms with van der Waals surface area (Å²) in [6, 6.07) is 56.7. The molecule has 0 aromatic heterocycles. The summed E-state index contributed by atoms with van der Waals surface area (Å²) in [5.74, 6) is 1.69. The Kier molecular flexibility index (Phi) is 12.3. The molecule has 8 aromatic carbocycles. The van der Waals surface area contributed by atoms with Crippen LogP contribution in [0.25, 0.3) is 11.1 Å². The summed E-state index contributed by atoms with van der Waals surface area (Å²) >= 11 is -1.93. The fraction of sp³-hybridized carbons (Fsp3) is 0.0566. The zero-order chi connectivity index (χ0) is 45.1. The van der Waals surface area contributed by atoms with Gasteiger partial charge in [-0.25, -0.2) is 5.26 Å². The van der Waals surface area contributed by atoms with Gasteiger partial charge in [0.25, 0.3) is 0 Å². The Hall–Kier alpha value is -7.16. The third-order valence-electron chi connectivity index (χ3n) is 11.4. The Morgan fingerprint density at radius 3 is 1.58 bits per heavy atom. The summed E-state index contributed by atoms with van der Waals surface area (Å²) in [7, 11) is 0. The molecule has 8 aromatic rings. The molecule has 0 bridgehead atoms. The maximum atomic E-state index is 13.6. The van der Waals surface area contributed by atoms with Crippen LogP contribution in [-0.4, -0.2) is 25.6 Å². The van der Waals surface area contributed by atoms with E-state index in [0.29, 0.717) is 56.6 Å². The van der Waals surface area contributed by atoms with E-state index in [-0.39, 0.29) is 22.7 Å². The largest absolute Gasteiger partial charge is 0.457 e. The zero-order valence-electron chi connectivity index (χ0n) is 34.8. The van der Waals surface area contributed by atoms with Gasteiger partial charge in [-0.2, -0.15) is 4.21 Å². The summed E-state index contributed by atoms with van der Waals surface area (Å²) in [5, 5.41) is 12.9. The molecule has 0 spiro atoms. The van der Waals surface area contributed by atoms with Crippen molar-refractivity contribution in [2.75, 3.05) is 0 Å². The summed E-state index contributed by atoms with van der Waals surface area (Å²) < 4.78 is 43.0. The molecule has 0 heterocycles. The van der Waals surface area contributed by atoms with E-state index in [1.54, 1.807) is 55.5 Å². The SMILES string of the molecule is Cc1ccc(C(=O)c2ccc(Oc3ccc(C4(c5ccc(Oc6ccc(C(=O)c7ccc(C)c(OS(=O)O)c7)cc6SOOO)cc5)c5ccccc5-c5ccccc54)cc3)cc2)cc1. The van der Waals surface area contributed by atoms with Gasteiger partial charge >= 0.3 is 11.4 Å². The molecule has 1 unspecified atom stereocenters. The van der Waals surface area contributed by atoms with Crippen LogP contribution in [0.15, 0.2) is 187 Å². The molecule has 0 saturated heterocycles. The number of fused-ring (bicyclic) bond motifs is 3. The van der Waals surface area contributed by atoms with Crippen LogP contribution in [0.1, 0.15) is 65.2 Å². The second-order valence-corrected chi connectivity index (χ2v) is 16.7. The first-order chi connectivity index (χ1) is 31.6. The average molecular weight is 899 g/mol. The van der Waals surface area contributed by atoms with Gasteiger partial charge in [-0.15, -0.1) is 4.33 Å². The first-order valence-corrected chi connectivity index (χ1v) is 22.1. The van der Waals surface area contributed by atoms with E-state index in [2.05, 4.69) is 53.6 Å². The third-order valence-corrected chi connectivity index (χ3v) is 12.3. The number of carbonyl (C=O) groups excluding carboxylic acids is 2. The van der Waals surface area contributed by atoms with E-state index >= 15 is 0 Å². The van der Waals surface area contributed by atoms with Crippen LogP contribution in [0.5, 0.6) is 28.7 Å². The Morgan fingerprint density at radius 1 is 0.538 bits per heavy atom. The summed E-state index contributed by atoms with van der Waals surface area (Å²) in [4.78, 5) is 27.0. The van der Waals surface area contributed by atoms with Crippen LogP contribution in [-0.2, 0) is 26.1 Å². The number of ether oxygens (including phenoxy) is 2. The molecule has 2 N–H and O–H groups in total. The zero-order valence-corrected chi connectivity index (χ0v) is 36.4. The number of carbonyl (C=O) groups is 2. The predicted molar refractivity (Wildman–Crippen MR) is 248 cm³/mol. The lowest BCUT2D eigenvalue weighted by molar-refractivity contribution is -0.432. The van der Waals surface area contributed by atoms with Crippen LogP contribution in [0, 0.1) is 13.8 Å². The number of ketones is 2. The molecule has 12 heteroatoms. The molecule has 322 valence electrons. The van der Waals surface area contributed by atoms with Crippen molar-refractivity contribution in [3.8, 4) is 39.9 Å². The first kappa shape index (κ1) is 43.1. The van der Waals surface area contributed by atoms with Crippen LogP contribution < -0.4 is 13.7 Å². The van der Waals surface area contributed by atoms with Gasteiger partial charge < -0.3 is 13.7 Å². The highest BCUT2D eigenvalue weighted by Crippen LogP contribution is 2.56. The smallest absolute Gasteiger partial charge is 0.357 e. The fourth-order valence-electron chi connectivity index (χ4n) is 8.30. The summed E-state index contributed by atoms with van der Waals surface area (Å²) in [6.45, 7) is 3.68. The lowest BCUT2D eigenvalue weighted by atomic mass is 9.68. The van der Waals surface area contributed by atoms with Crippen molar-refractivity contribution in [2.45, 2.75) is 24.2 Å². The Morgan fingerprint density at radius 2 is 1.02 bits per heavy atom. The molecule has 65 heavy (non-hydrogen) atoms. The Bertz CT molecular complexity index is 3030. The molecule has 9 rings (SSSR count). The number of hydrogen-bond donors (Lipinski definition) is 2. The average Bonchev–Trinajstić information content (AvgIpc) is 3.63. The number of rotatable bonds is 15. The van der Waals surface area contributed by atoms with E-state index in [0.717, 1.165) is 38.9 Å². The maximum absolute atomic E-state index is 13.6. The molecular formula is C53H38O10S2. The van der Waals surface area contributed by atoms with Gasteiger partial charge in [-0.1, -0.05) is 120 Å². The minimum atomic E-state index is -2.57. The standard InChI is InChI=1S/C53H38O10S2/c1-33-11-14-35(15-12-33)51(54)36-17-24-41(25-18-36)59-42-26-20-39(21-27-42)53(46-9-5-3-7-44(46)45-8-4-6-10-47(45)53)40-22-28-43(29-23-40)60-48-30-19-38(32-50(48)64-63-62-56)52(55)37-16-13-34(2)49(31-37)61-65(57)58/h3-32,56H,1-2H3,(H,57,58). The van der Waals surface area contributed by atoms with Gasteiger partial charge in [0.15, 0.2) is 11.6 Å². The van der Waals surface area contributed by atoms with Crippen molar-refractivity contribution in [1.82, 2.24) is 0 Å². The van der Waals surface area contributed by atoms with E-state index in [4.69, 9.17) is 23.2 Å². The van der Waals surface area contributed by atoms with Crippen molar-refractivity contribution in [1.29, 1.82) is 0 Å². The van der Waals surface area contributed by atoms with Gasteiger partial charge in [0.1, 0.15) is 28.7 Å². The normalized spacial score (nSPS) is 12.7. The minimum Gasteiger partial charge on any atom is -0.457 e. The molecular weight excluding hydrogens is 861 g/mol. The maximum Gasteiger partial charge on any atom is 0.357 e.